The molecule has 2 aromatic carbocycles. The van der Waals surface area contributed by atoms with Crippen molar-refractivity contribution in [2.75, 3.05) is 0 Å². The zero-order valence-corrected chi connectivity index (χ0v) is 16.5. The number of hydrogen-bond donors (Lipinski definition) is 1. The van der Waals surface area contributed by atoms with Crippen LogP contribution in [0.15, 0.2) is 48.7 Å². The molecule has 1 N–H and O–H groups in total. The number of nitrogens with one attached hydrogen (secondary N) is 1. The first kappa shape index (κ1) is 20.5. The predicted molar refractivity (Wildman–Crippen MR) is 109 cm³/mol. The molecule has 1 atom stereocenters. The van der Waals surface area contributed by atoms with E-state index in [4.69, 9.17) is 11.6 Å². The Morgan fingerprint density at radius 2 is 2.00 bits per heavy atom. The lowest BCUT2D eigenvalue weighted by Crippen LogP contribution is -2.30. The number of pyridine rings is 1. The molecule has 3 aromatic rings. The van der Waals surface area contributed by atoms with Crippen LogP contribution in [0.2, 0.25) is 5.02 Å². The van der Waals surface area contributed by atoms with E-state index in [2.05, 4.69) is 10.3 Å². The standard InChI is InChI=1S/C21H20ClN3O4/c1-2-3-10-18(26)24-19(13-7-4-5-9-16(13)22)15-12-17(25(28)29)14-8-6-11-23-20(14)21(15)27/h4-9,11-12,19,27H,2-3,10H2,1H3,(H,24,26)/p-1/t19-/m1/s1. The van der Waals surface area contributed by atoms with Crippen LogP contribution < -0.4 is 10.4 Å². The van der Waals surface area contributed by atoms with Gasteiger partial charge in [-0.3, -0.25) is 19.9 Å². The molecule has 0 bridgehead atoms. The van der Waals surface area contributed by atoms with Crippen molar-refractivity contribution in [3.8, 4) is 5.75 Å². The van der Waals surface area contributed by atoms with E-state index in [-0.39, 0.29) is 34.5 Å². The number of halogens is 1. The molecule has 0 spiro atoms. The maximum atomic E-state index is 13.1. The van der Waals surface area contributed by atoms with Gasteiger partial charge in [0.2, 0.25) is 5.91 Å². The van der Waals surface area contributed by atoms with Crippen molar-refractivity contribution in [3.05, 3.63) is 74.9 Å². The van der Waals surface area contributed by atoms with Gasteiger partial charge in [-0.2, -0.15) is 0 Å². The minimum atomic E-state index is -0.925. The molecule has 1 amide bonds. The smallest absolute Gasteiger partial charge is 0.279 e. The molecule has 7 nitrogen and oxygen atoms in total. The van der Waals surface area contributed by atoms with Crippen molar-refractivity contribution in [2.45, 2.75) is 32.2 Å². The number of hydrogen-bond acceptors (Lipinski definition) is 5. The predicted octanol–water partition coefficient (Wildman–Crippen LogP) is 4.27. The Hall–Kier alpha value is -3.19. The molecule has 1 heterocycles. The summed E-state index contributed by atoms with van der Waals surface area (Å²) in [5, 5.41) is 28.1. The Morgan fingerprint density at radius 3 is 2.69 bits per heavy atom. The number of benzene rings is 2. The summed E-state index contributed by atoms with van der Waals surface area (Å²) in [6.07, 6.45) is 3.20. The number of rotatable bonds is 7. The number of nitro benzene ring substituents is 1. The lowest BCUT2D eigenvalue weighted by molar-refractivity contribution is -0.383. The van der Waals surface area contributed by atoms with Crippen LogP contribution in [-0.4, -0.2) is 15.8 Å². The van der Waals surface area contributed by atoms with Gasteiger partial charge in [0.05, 0.1) is 21.9 Å². The molecule has 0 aliphatic rings. The molecule has 29 heavy (non-hydrogen) atoms. The number of nitrogens with zero attached hydrogens (tertiary/aromatic N) is 2. The number of aromatic nitrogens is 1. The van der Waals surface area contributed by atoms with Crippen LogP contribution in [0, 0.1) is 10.1 Å². The van der Waals surface area contributed by atoms with Gasteiger partial charge in [0, 0.05) is 23.7 Å². The highest BCUT2D eigenvalue weighted by Crippen LogP contribution is 2.39. The van der Waals surface area contributed by atoms with Crippen LogP contribution in [-0.2, 0) is 4.79 Å². The molecule has 0 aliphatic carbocycles. The Labute approximate surface area is 172 Å². The molecule has 0 aliphatic heterocycles. The van der Waals surface area contributed by atoms with E-state index in [1.54, 1.807) is 24.3 Å². The maximum Gasteiger partial charge on any atom is 0.279 e. The van der Waals surface area contributed by atoms with Gasteiger partial charge in [-0.15, -0.1) is 0 Å². The first-order chi connectivity index (χ1) is 13.9. The van der Waals surface area contributed by atoms with Gasteiger partial charge >= 0.3 is 0 Å². The minimum Gasteiger partial charge on any atom is -0.871 e. The van der Waals surface area contributed by atoms with E-state index in [1.165, 1.54) is 24.4 Å². The second kappa shape index (κ2) is 8.87. The van der Waals surface area contributed by atoms with Crippen molar-refractivity contribution >= 4 is 34.1 Å². The topological polar surface area (TPSA) is 108 Å². The van der Waals surface area contributed by atoms with Crippen LogP contribution in [0.25, 0.3) is 10.9 Å². The largest absolute Gasteiger partial charge is 0.871 e. The van der Waals surface area contributed by atoms with Crippen molar-refractivity contribution < 1.29 is 14.8 Å². The fourth-order valence-corrected chi connectivity index (χ4v) is 3.43. The number of nitro groups is 1. The molecule has 8 heteroatoms. The number of fused-ring (bicyclic) bond motifs is 1. The average Bonchev–Trinajstić information content (AvgIpc) is 2.71. The van der Waals surface area contributed by atoms with Crippen molar-refractivity contribution in [3.63, 3.8) is 0 Å². The molecule has 0 saturated carbocycles. The molecule has 0 saturated heterocycles. The van der Waals surface area contributed by atoms with Gasteiger partial charge in [0.1, 0.15) is 0 Å². The summed E-state index contributed by atoms with van der Waals surface area (Å²) < 4.78 is 0. The Balaban J connectivity index is 2.21. The molecule has 150 valence electrons. The Kier molecular flexibility index (Phi) is 6.29. The monoisotopic (exact) mass is 412 g/mol. The summed E-state index contributed by atoms with van der Waals surface area (Å²) in [4.78, 5) is 27.6. The van der Waals surface area contributed by atoms with E-state index in [0.717, 1.165) is 6.42 Å². The SMILES string of the molecule is CCCCC(=O)N[C@H](c1ccccc1Cl)c1cc([N+](=O)[O-])c2cccnc2c1[O-]. The van der Waals surface area contributed by atoms with E-state index < -0.39 is 16.7 Å². The zero-order valence-electron chi connectivity index (χ0n) is 15.7. The van der Waals surface area contributed by atoms with E-state index in [1.807, 2.05) is 6.92 Å². The number of carbonyl (C=O) groups is 1. The first-order valence-electron chi connectivity index (χ1n) is 9.20. The maximum absolute atomic E-state index is 13.1. The summed E-state index contributed by atoms with van der Waals surface area (Å²) >= 11 is 6.33. The first-order valence-corrected chi connectivity index (χ1v) is 9.58. The highest BCUT2D eigenvalue weighted by Gasteiger charge is 2.25. The molecule has 0 unspecified atom stereocenters. The van der Waals surface area contributed by atoms with E-state index in [0.29, 0.717) is 17.0 Å². The van der Waals surface area contributed by atoms with E-state index >= 15 is 0 Å². The normalized spacial score (nSPS) is 11.9. The second-order valence-corrected chi connectivity index (χ2v) is 7.00. The van der Waals surface area contributed by atoms with Crippen LogP contribution >= 0.6 is 11.6 Å². The van der Waals surface area contributed by atoms with Gasteiger partial charge < -0.3 is 10.4 Å². The lowest BCUT2D eigenvalue weighted by atomic mass is 9.95. The number of amides is 1. The average molecular weight is 413 g/mol. The third-order valence-corrected chi connectivity index (χ3v) is 4.98. The van der Waals surface area contributed by atoms with Gasteiger partial charge in [-0.1, -0.05) is 48.9 Å². The van der Waals surface area contributed by atoms with Crippen LogP contribution in [0.5, 0.6) is 5.75 Å². The van der Waals surface area contributed by atoms with Gasteiger partial charge in [0.25, 0.3) is 5.69 Å². The van der Waals surface area contributed by atoms with E-state index in [9.17, 15) is 20.0 Å². The lowest BCUT2D eigenvalue weighted by Gasteiger charge is -2.26. The van der Waals surface area contributed by atoms with Crippen LogP contribution in [0.1, 0.15) is 43.4 Å². The second-order valence-electron chi connectivity index (χ2n) is 6.60. The molecular formula is C21H19ClN3O4-. The third kappa shape index (κ3) is 4.30. The summed E-state index contributed by atoms with van der Waals surface area (Å²) in [7, 11) is 0. The number of non-ortho nitro benzene ring substituents is 1. The highest BCUT2D eigenvalue weighted by atomic mass is 35.5. The quantitative estimate of drug-likeness (QED) is 0.460. The van der Waals surface area contributed by atoms with Crippen LogP contribution in [0.4, 0.5) is 5.69 Å². The number of carbonyl (C=O) groups excluding carboxylic acids is 1. The molecule has 1 aromatic heterocycles. The zero-order chi connectivity index (χ0) is 21.0. The third-order valence-electron chi connectivity index (χ3n) is 4.64. The summed E-state index contributed by atoms with van der Waals surface area (Å²) in [6, 6.07) is 10.1. The highest BCUT2D eigenvalue weighted by molar-refractivity contribution is 6.31. The summed E-state index contributed by atoms with van der Waals surface area (Å²) in [5.41, 5.74) is 0.278. The van der Waals surface area contributed by atoms with Crippen LogP contribution in [0.3, 0.4) is 0 Å². The minimum absolute atomic E-state index is 0.0171. The molecular weight excluding hydrogens is 394 g/mol. The van der Waals surface area contributed by atoms with Gasteiger partial charge in [0.15, 0.2) is 0 Å². The Bertz CT molecular complexity index is 1070. The summed E-state index contributed by atoms with van der Waals surface area (Å²) in [5.74, 6) is -0.744. The van der Waals surface area contributed by atoms with Gasteiger partial charge in [-0.25, -0.2) is 0 Å². The van der Waals surface area contributed by atoms with Gasteiger partial charge in [-0.05, 0) is 35.7 Å². The molecule has 3 rings (SSSR count). The summed E-state index contributed by atoms with van der Waals surface area (Å²) in [6.45, 7) is 1.97. The van der Waals surface area contributed by atoms with Crippen molar-refractivity contribution in [2.24, 2.45) is 0 Å². The number of unbranched alkanes of at least 4 members (excludes halogenated alkanes) is 1. The molecule has 0 radical (unpaired) electrons. The fraction of sp³-hybridized carbons (Fsp3) is 0.238. The fourth-order valence-electron chi connectivity index (χ4n) is 3.19. The Morgan fingerprint density at radius 1 is 1.24 bits per heavy atom. The molecule has 0 fully saturated rings. The van der Waals surface area contributed by atoms with Crippen molar-refractivity contribution in [1.29, 1.82) is 0 Å². The van der Waals surface area contributed by atoms with Crippen molar-refractivity contribution in [1.82, 2.24) is 10.3 Å².